The molecule has 1 N–H and O–H groups in total. The number of hydrogen-bond donors (Lipinski definition) is 1. The summed E-state index contributed by atoms with van der Waals surface area (Å²) in [5.41, 5.74) is 4.17. The summed E-state index contributed by atoms with van der Waals surface area (Å²) in [6.07, 6.45) is 0. The summed E-state index contributed by atoms with van der Waals surface area (Å²) in [7, 11) is 0. The van der Waals surface area contributed by atoms with Crippen molar-refractivity contribution in [2.45, 2.75) is 6.92 Å². The first-order valence-electron chi connectivity index (χ1n) is 6.64. The molecule has 3 nitrogen and oxygen atoms in total. The van der Waals surface area contributed by atoms with Crippen LogP contribution in [-0.2, 0) is 0 Å². The van der Waals surface area contributed by atoms with Crippen molar-refractivity contribution in [2.75, 3.05) is 5.32 Å². The smallest absolute Gasteiger partial charge is 0.224 e. The van der Waals surface area contributed by atoms with Crippen LogP contribution >= 0.6 is 11.6 Å². The van der Waals surface area contributed by atoms with Crippen molar-refractivity contribution in [1.82, 2.24) is 9.97 Å². The van der Waals surface area contributed by atoms with Gasteiger partial charge in [0.05, 0.1) is 0 Å². The van der Waals surface area contributed by atoms with Crippen molar-refractivity contribution in [3.8, 4) is 11.1 Å². The highest BCUT2D eigenvalue weighted by Crippen LogP contribution is 2.23. The molecule has 0 aliphatic rings. The van der Waals surface area contributed by atoms with Gasteiger partial charge in [-0.15, -0.1) is 0 Å². The maximum Gasteiger partial charge on any atom is 0.224 e. The van der Waals surface area contributed by atoms with Crippen LogP contribution in [0, 0.1) is 6.92 Å². The van der Waals surface area contributed by atoms with Crippen LogP contribution in [-0.4, -0.2) is 9.97 Å². The Bertz CT molecular complexity index is 719. The molecule has 0 saturated heterocycles. The Morgan fingerprint density at radius 1 is 0.857 bits per heavy atom. The van der Waals surface area contributed by atoms with Gasteiger partial charge in [-0.1, -0.05) is 42.5 Å². The normalized spacial score (nSPS) is 10.4. The van der Waals surface area contributed by atoms with Crippen LogP contribution in [0.1, 0.15) is 5.69 Å². The summed E-state index contributed by atoms with van der Waals surface area (Å²) in [6.45, 7) is 1.89. The van der Waals surface area contributed by atoms with E-state index in [0.29, 0.717) is 5.82 Å². The van der Waals surface area contributed by atoms with Gasteiger partial charge in [0.25, 0.3) is 0 Å². The van der Waals surface area contributed by atoms with Gasteiger partial charge in [0.15, 0.2) is 0 Å². The van der Waals surface area contributed by atoms with E-state index >= 15 is 0 Å². The molecule has 0 spiro atoms. The molecule has 3 aromatic rings. The van der Waals surface area contributed by atoms with Gasteiger partial charge >= 0.3 is 0 Å². The second kappa shape index (κ2) is 5.94. The maximum absolute atomic E-state index is 5.86. The predicted octanol–water partition coefficient (Wildman–Crippen LogP) is 4.85. The topological polar surface area (TPSA) is 37.8 Å². The fraction of sp³-hybridized carbons (Fsp3) is 0.0588. The van der Waals surface area contributed by atoms with E-state index in [0.717, 1.165) is 11.4 Å². The van der Waals surface area contributed by atoms with E-state index in [1.54, 1.807) is 0 Å². The Hall–Kier alpha value is -2.39. The fourth-order valence-corrected chi connectivity index (χ4v) is 2.35. The van der Waals surface area contributed by atoms with Gasteiger partial charge < -0.3 is 5.32 Å². The summed E-state index contributed by atoms with van der Waals surface area (Å²) < 4.78 is 0. The lowest BCUT2D eigenvalue weighted by Gasteiger charge is -2.08. The molecule has 0 saturated carbocycles. The van der Waals surface area contributed by atoms with Crippen molar-refractivity contribution in [3.05, 3.63) is 71.6 Å². The predicted molar refractivity (Wildman–Crippen MR) is 86.9 cm³/mol. The van der Waals surface area contributed by atoms with E-state index in [9.17, 15) is 0 Å². The third kappa shape index (κ3) is 3.38. The Labute approximate surface area is 128 Å². The number of benzene rings is 2. The van der Waals surface area contributed by atoms with Crippen molar-refractivity contribution < 1.29 is 0 Å². The number of halogens is 1. The van der Waals surface area contributed by atoms with Gasteiger partial charge in [-0.3, -0.25) is 0 Å². The number of nitrogens with zero attached hydrogens (tertiary/aromatic N) is 2. The highest BCUT2D eigenvalue weighted by molar-refractivity contribution is 6.28. The molecule has 104 valence electrons. The van der Waals surface area contributed by atoms with Crippen LogP contribution in [0.5, 0.6) is 0 Å². The summed E-state index contributed by atoms with van der Waals surface area (Å²) in [5, 5.41) is 3.48. The van der Waals surface area contributed by atoms with E-state index in [-0.39, 0.29) is 5.28 Å². The average molecular weight is 296 g/mol. The van der Waals surface area contributed by atoms with Gasteiger partial charge in [-0.2, -0.15) is 0 Å². The maximum atomic E-state index is 5.86. The number of hydrogen-bond acceptors (Lipinski definition) is 3. The standard InChI is InChI=1S/C17H14ClN3/c1-12-11-16(21-17(18)19-12)20-15-9-7-14(8-10-15)13-5-3-2-4-6-13/h2-11H,1H3,(H,19,20,21). The molecule has 0 aliphatic carbocycles. The molecule has 1 aromatic heterocycles. The minimum absolute atomic E-state index is 0.249. The van der Waals surface area contributed by atoms with Crippen LogP contribution in [0.15, 0.2) is 60.7 Å². The molecule has 0 bridgehead atoms. The molecule has 4 heteroatoms. The number of aryl methyl sites for hydroxylation is 1. The number of rotatable bonds is 3. The quantitative estimate of drug-likeness (QED) is 0.702. The third-order valence-corrected chi connectivity index (χ3v) is 3.26. The lowest BCUT2D eigenvalue weighted by Crippen LogP contribution is -1.96. The molecule has 0 radical (unpaired) electrons. The van der Waals surface area contributed by atoms with Gasteiger partial charge in [0, 0.05) is 17.4 Å². The molecule has 0 unspecified atom stereocenters. The average Bonchev–Trinajstić information content (AvgIpc) is 2.48. The molecule has 0 aliphatic heterocycles. The van der Waals surface area contributed by atoms with Crippen LogP contribution in [0.3, 0.4) is 0 Å². The molecule has 0 amide bonds. The second-order valence-electron chi connectivity index (χ2n) is 4.73. The van der Waals surface area contributed by atoms with Crippen LogP contribution in [0.4, 0.5) is 11.5 Å². The largest absolute Gasteiger partial charge is 0.340 e. The summed E-state index contributed by atoms with van der Waals surface area (Å²) >= 11 is 5.86. The zero-order chi connectivity index (χ0) is 14.7. The molecule has 1 heterocycles. The SMILES string of the molecule is Cc1cc(Nc2ccc(-c3ccccc3)cc2)nc(Cl)n1. The lowest BCUT2D eigenvalue weighted by molar-refractivity contribution is 1.10. The van der Waals surface area contributed by atoms with Crippen molar-refractivity contribution in [2.24, 2.45) is 0 Å². The molecule has 21 heavy (non-hydrogen) atoms. The Balaban J connectivity index is 1.81. The van der Waals surface area contributed by atoms with Crippen molar-refractivity contribution in [1.29, 1.82) is 0 Å². The minimum atomic E-state index is 0.249. The molecule has 3 rings (SSSR count). The van der Waals surface area contributed by atoms with Gasteiger partial charge in [-0.25, -0.2) is 9.97 Å². The molecule has 0 fully saturated rings. The van der Waals surface area contributed by atoms with E-state index in [1.807, 2.05) is 43.3 Å². The van der Waals surface area contributed by atoms with Crippen molar-refractivity contribution in [3.63, 3.8) is 0 Å². The Morgan fingerprint density at radius 3 is 2.19 bits per heavy atom. The summed E-state index contributed by atoms with van der Waals surface area (Å²) in [6, 6.07) is 20.3. The van der Waals surface area contributed by atoms with Crippen LogP contribution < -0.4 is 5.32 Å². The van der Waals surface area contributed by atoms with E-state index in [2.05, 4.69) is 39.6 Å². The van der Waals surface area contributed by atoms with Crippen molar-refractivity contribution >= 4 is 23.1 Å². The Morgan fingerprint density at radius 2 is 1.52 bits per heavy atom. The number of nitrogens with one attached hydrogen (secondary N) is 1. The molecule has 0 atom stereocenters. The summed E-state index contributed by atoms with van der Waals surface area (Å²) in [5.74, 6) is 0.694. The molecule has 2 aromatic carbocycles. The van der Waals surface area contributed by atoms with Gasteiger partial charge in [0.1, 0.15) is 5.82 Å². The first kappa shape index (κ1) is 13.6. The first-order valence-corrected chi connectivity index (χ1v) is 7.02. The van der Waals surface area contributed by atoms with Crippen LogP contribution in [0.2, 0.25) is 5.28 Å². The monoisotopic (exact) mass is 295 g/mol. The highest BCUT2D eigenvalue weighted by Gasteiger charge is 2.01. The zero-order valence-corrected chi connectivity index (χ0v) is 12.3. The highest BCUT2D eigenvalue weighted by atomic mass is 35.5. The number of anilines is 2. The van der Waals surface area contributed by atoms with Gasteiger partial charge in [-0.05, 0) is 41.8 Å². The van der Waals surface area contributed by atoms with E-state index < -0.39 is 0 Å². The van der Waals surface area contributed by atoms with Gasteiger partial charge in [0.2, 0.25) is 5.28 Å². The van der Waals surface area contributed by atoms with Crippen LogP contribution in [0.25, 0.3) is 11.1 Å². The molecular formula is C17H14ClN3. The number of aromatic nitrogens is 2. The van der Waals surface area contributed by atoms with E-state index in [4.69, 9.17) is 11.6 Å². The minimum Gasteiger partial charge on any atom is -0.340 e. The molecular weight excluding hydrogens is 282 g/mol. The summed E-state index contributed by atoms with van der Waals surface area (Å²) in [4.78, 5) is 8.20. The first-order chi connectivity index (χ1) is 10.2. The zero-order valence-electron chi connectivity index (χ0n) is 11.5. The third-order valence-electron chi connectivity index (χ3n) is 3.09. The lowest BCUT2D eigenvalue weighted by atomic mass is 10.1. The Kier molecular flexibility index (Phi) is 3.84. The van der Waals surface area contributed by atoms with E-state index in [1.165, 1.54) is 11.1 Å². The fourth-order valence-electron chi connectivity index (χ4n) is 2.12. The second-order valence-corrected chi connectivity index (χ2v) is 5.07.